The van der Waals surface area contributed by atoms with Crippen molar-refractivity contribution in [1.29, 1.82) is 0 Å². The first kappa shape index (κ1) is 16.4. The number of aryl methyl sites for hydroxylation is 1. The highest BCUT2D eigenvalue weighted by Gasteiger charge is 2.39. The summed E-state index contributed by atoms with van der Waals surface area (Å²) in [5.74, 6) is 2.41. The van der Waals surface area contributed by atoms with Crippen molar-refractivity contribution in [2.24, 2.45) is 0 Å². The second-order valence-electron chi connectivity index (χ2n) is 6.16. The third-order valence-corrected chi connectivity index (χ3v) is 5.55. The summed E-state index contributed by atoms with van der Waals surface area (Å²) >= 11 is 1.79. The molecule has 0 saturated carbocycles. The van der Waals surface area contributed by atoms with E-state index in [1.807, 2.05) is 24.3 Å². The summed E-state index contributed by atoms with van der Waals surface area (Å²) in [5.41, 5.74) is 0.701. The van der Waals surface area contributed by atoms with Gasteiger partial charge in [0.05, 0.1) is 0 Å². The van der Waals surface area contributed by atoms with Crippen molar-refractivity contribution in [3.8, 4) is 0 Å². The average molecular weight is 333 g/mol. The smallest absolute Gasteiger partial charge is 0.254 e. The number of thioether (sulfide) groups is 1. The van der Waals surface area contributed by atoms with Gasteiger partial charge in [-0.1, -0.05) is 25.1 Å². The first-order chi connectivity index (χ1) is 11.0. The van der Waals surface area contributed by atoms with Gasteiger partial charge in [-0.3, -0.25) is 4.79 Å². The fourth-order valence-electron chi connectivity index (χ4n) is 3.20. The van der Waals surface area contributed by atoms with Crippen LogP contribution in [0.25, 0.3) is 11.0 Å². The summed E-state index contributed by atoms with van der Waals surface area (Å²) < 4.78 is 5.90. The van der Waals surface area contributed by atoms with Crippen molar-refractivity contribution >= 4 is 28.6 Å². The van der Waals surface area contributed by atoms with Crippen LogP contribution in [0.2, 0.25) is 0 Å². The second-order valence-corrected chi connectivity index (χ2v) is 7.38. The molecule has 124 valence electrons. The van der Waals surface area contributed by atoms with Crippen molar-refractivity contribution in [1.82, 2.24) is 4.90 Å². The number of rotatable bonds is 4. The lowest BCUT2D eigenvalue weighted by Crippen LogP contribution is -2.49. The van der Waals surface area contributed by atoms with Gasteiger partial charge in [0.15, 0.2) is 0 Å². The molecule has 1 aromatic heterocycles. The second kappa shape index (κ2) is 6.57. The SMILES string of the molecule is CCc1oc2ccccc2c1CN(C)C(=O)C1(O)CCSCC1. The molecule has 0 atom stereocenters. The Kier molecular flexibility index (Phi) is 4.69. The number of carbonyl (C=O) groups excluding carboxylic acids is 1. The van der Waals surface area contributed by atoms with Gasteiger partial charge in [-0.05, 0) is 30.4 Å². The fourth-order valence-corrected chi connectivity index (χ4v) is 4.36. The third kappa shape index (κ3) is 3.12. The molecule has 1 aliphatic heterocycles. The molecule has 3 rings (SSSR count). The lowest BCUT2D eigenvalue weighted by molar-refractivity contribution is -0.151. The van der Waals surface area contributed by atoms with Crippen LogP contribution in [0.5, 0.6) is 0 Å². The highest BCUT2D eigenvalue weighted by Crippen LogP contribution is 2.31. The summed E-state index contributed by atoms with van der Waals surface area (Å²) in [4.78, 5) is 14.4. The largest absolute Gasteiger partial charge is 0.461 e. The van der Waals surface area contributed by atoms with Crippen molar-refractivity contribution in [2.75, 3.05) is 18.6 Å². The minimum Gasteiger partial charge on any atom is -0.461 e. The summed E-state index contributed by atoms with van der Waals surface area (Å²) in [6, 6.07) is 7.91. The summed E-state index contributed by atoms with van der Waals surface area (Å²) in [5, 5.41) is 11.7. The normalized spacial score (nSPS) is 17.3. The number of hydrogen-bond donors (Lipinski definition) is 1. The van der Waals surface area contributed by atoms with E-state index >= 15 is 0 Å². The van der Waals surface area contributed by atoms with Gasteiger partial charge in [0.1, 0.15) is 16.9 Å². The van der Waals surface area contributed by atoms with Crippen LogP contribution >= 0.6 is 11.8 Å². The van der Waals surface area contributed by atoms with Gasteiger partial charge in [-0.15, -0.1) is 0 Å². The lowest BCUT2D eigenvalue weighted by atomic mass is 9.95. The van der Waals surface area contributed by atoms with Crippen molar-refractivity contribution in [3.63, 3.8) is 0 Å². The van der Waals surface area contributed by atoms with Crippen LogP contribution in [-0.4, -0.2) is 40.1 Å². The first-order valence-electron chi connectivity index (χ1n) is 8.10. The van der Waals surface area contributed by atoms with Crippen LogP contribution in [0.3, 0.4) is 0 Å². The number of furan rings is 1. The highest BCUT2D eigenvalue weighted by atomic mass is 32.2. The van der Waals surface area contributed by atoms with Gasteiger partial charge in [-0.25, -0.2) is 0 Å². The van der Waals surface area contributed by atoms with Gasteiger partial charge in [0.2, 0.25) is 0 Å². The van der Waals surface area contributed by atoms with Gasteiger partial charge < -0.3 is 14.4 Å². The number of para-hydroxylation sites is 1. The maximum atomic E-state index is 12.7. The van der Waals surface area contributed by atoms with Crippen molar-refractivity contribution < 1.29 is 14.3 Å². The molecule has 4 nitrogen and oxygen atoms in total. The molecule has 1 amide bonds. The number of likely N-dealkylation sites (N-methyl/N-ethyl adjacent to an activating group) is 1. The first-order valence-corrected chi connectivity index (χ1v) is 9.25. The highest BCUT2D eigenvalue weighted by molar-refractivity contribution is 7.99. The van der Waals surface area contributed by atoms with Gasteiger partial charge in [-0.2, -0.15) is 11.8 Å². The topological polar surface area (TPSA) is 53.7 Å². The Hall–Kier alpha value is -1.46. The number of amides is 1. The number of nitrogens with zero attached hydrogens (tertiary/aromatic N) is 1. The van der Waals surface area contributed by atoms with Crippen LogP contribution in [-0.2, 0) is 17.8 Å². The van der Waals surface area contributed by atoms with E-state index in [-0.39, 0.29) is 5.91 Å². The number of aliphatic hydroxyl groups is 1. The summed E-state index contributed by atoms with van der Waals surface area (Å²) in [6.45, 7) is 2.52. The van der Waals surface area contributed by atoms with Crippen LogP contribution < -0.4 is 0 Å². The quantitative estimate of drug-likeness (QED) is 0.933. The molecule has 1 aromatic carbocycles. The minimum atomic E-state index is -1.20. The monoisotopic (exact) mass is 333 g/mol. The van der Waals surface area contributed by atoms with Crippen LogP contribution in [0.15, 0.2) is 28.7 Å². The molecule has 23 heavy (non-hydrogen) atoms. The zero-order valence-electron chi connectivity index (χ0n) is 13.7. The minimum absolute atomic E-state index is 0.176. The molecule has 2 aromatic rings. The standard InChI is InChI=1S/C18H23NO3S/c1-3-15-14(13-6-4-5-7-16(13)22-15)12-19(2)17(20)18(21)8-10-23-11-9-18/h4-7,21H,3,8-12H2,1-2H3. The molecule has 1 aliphatic rings. The van der Waals surface area contributed by atoms with E-state index < -0.39 is 5.60 Å². The molecular weight excluding hydrogens is 310 g/mol. The molecule has 0 radical (unpaired) electrons. The van der Waals surface area contributed by atoms with Gasteiger partial charge >= 0.3 is 0 Å². The molecule has 0 spiro atoms. The van der Waals surface area contributed by atoms with Crippen LogP contribution in [0.1, 0.15) is 31.1 Å². The van der Waals surface area contributed by atoms with E-state index in [4.69, 9.17) is 4.42 Å². The van der Waals surface area contributed by atoms with E-state index in [2.05, 4.69) is 6.92 Å². The van der Waals surface area contributed by atoms with E-state index in [9.17, 15) is 9.90 Å². The summed E-state index contributed by atoms with van der Waals surface area (Å²) in [7, 11) is 1.77. The Bertz CT molecular complexity index is 703. The van der Waals surface area contributed by atoms with Crippen molar-refractivity contribution in [3.05, 3.63) is 35.6 Å². The maximum Gasteiger partial charge on any atom is 0.254 e. The van der Waals surface area contributed by atoms with E-state index in [0.717, 1.165) is 40.2 Å². The molecule has 1 fully saturated rings. The Labute approximate surface area is 140 Å². The van der Waals surface area contributed by atoms with Crippen LogP contribution in [0.4, 0.5) is 0 Å². The average Bonchev–Trinajstić information content (AvgIpc) is 2.92. The number of hydrogen-bond acceptors (Lipinski definition) is 4. The van der Waals surface area contributed by atoms with Crippen molar-refractivity contribution in [2.45, 2.75) is 38.3 Å². The Morgan fingerprint density at radius 1 is 1.35 bits per heavy atom. The predicted octanol–water partition coefficient (Wildman–Crippen LogP) is 3.21. The molecule has 5 heteroatoms. The van der Waals surface area contributed by atoms with Gasteiger partial charge in [0, 0.05) is 31.0 Å². The number of carbonyl (C=O) groups is 1. The van der Waals surface area contributed by atoms with E-state index in [0.29, 0.717) is 19.4 Å². The fraction of sp³-hybridized carbons (Fsp3) is 0.500. The third-order valence-electron chi connectivity index (χ3n) is 4.56. The molecule has 0 aliphatic carbocycles. The molecule has 1 N–H and O–H groups in total. The molecule has 0 unspecified atom stereocenters. The summed E-state index contributed by atoms with van der Waals surface area (Å²) in [6.07, 6.45) is 1.86. The molecule has 0 bridgehead atoms. The molecular formula is C18H23NO3S. The van der Waals surface area contributed by atoms with E-state index in [1.165, 1.54) is 0 Å². The Morgan fingerprint density at radius 3 is 2.74 bits per heavy atom. The lowest BCUT2D eigenvalue weighted by Gasteiger charge is -2.34. The number of benzene rings is 1. The van der Waals surface area contributed by atoms with E-state index in [1.54, 1.807) is 23.7 Å². The zero-order chi connectivity index (χ0) is 16.4. The Balaban J connectivity index is 1.85. The molecule has 1 saturated heterocycles. The maximum absolute atomic E-state index is 12.7. The predicted molar refractivity (Wildman–Crippen MR) is 93.6 cm³/mol. The van der Waals surface area contributed by atoms with Crippen LogP contribution in [0, 0.1) is 0 Å². The zero-order valence-corrected chi connectivity index (χ0v) is 14.5. The Morgan fingerprint density at radius 2 is 2.04 bits per heavy atom. The molecule has 2 heterocycles. The number of fused-ring (bicyclic) bond motifs is 1. The van der Waals surface area contributed by atoms with Gasteiger partial charge in [0.25, 0.3) is 5.91 Å².